The molecule has 7 aromatic rings. The van der Waals surface area contributed by atoms with Crippen LogP contribution in [0.1, 0.15) is 62.5 Å². The summed E-state index contributed by atoms with van der Waals surface area (Å²) in [5, 5.41) is 9.11. The number of fused-ring (bicyclic) bond motifs is 6. The van der Waals surface area contributed by atoms with Crippen molar-refractivity contribution < 1.29 is 28.9 Å². The Morgan fingerprint density at radius 3 is 1.83 bits per heavy atom. The zero-order valence-electron chi connectivity index (χ0n) is 30.1. The molecule has 0 saturated heterocycles. The standard InChI is InChI=1S/C43H38N4O6/c1-6-45-38-21-19-30(37(44-52-28(4)49)23-26(2)47(27(3)48)53-29(5)50)24-35(38)36-25-31(20-22-39(36)45)43(51)34-15-9-12-18-42(34)46-40-16-10-7-13-32(40)33-14-8-11-17-41(33)46/h7-22,24-26H,6,23H2,1-5H3. The molecule has 266 valence electrons. The Morgan fingerprint density at radius 2 is 1.25 bits per heavy atom. The first-order chi connectivity index (χ1) is 25.6. The van der Waals surface area contributed by atoms with Crippen molar-refractivity contribution in [3.8, 4) is 5.69 Å². The second-order valence-electron chi connectivity index (χ2n) is 13.0. The van der Waals surface area contributed by atoms with Crippen LogP contribution in [0.3, 0.4) is 0 Å². The van der Waals surface area contributed by atoms with Gasteiger partial charge in [0.15, 0.2) is 5.78 Å². The third kappa shape index (κ3) is 6.44. The lowest BCUT2D eigenvalue weighted by atomic mass is 9.98. The predicted octanol–water partition coefficient (Wildman–Crippen LogP) is 8.51. The minimum atomic E-state index is -0.637. The number of hydrogen-bond donors (Lipinski definition) is 0. The van der Waals surface area contributed by atoms with Crippen molar-refractivity contribution in [2.45, 2.75) is 53.6 Å². The number of ketones is 1. The summed E-state index contributed by atoms with van der Waals surface area (Å²) < 4.78 is 4.34. The Morgan fingerprint density at radius 1 is 0.679 bits per heavy atom. The van der Waals surface area contributed by atoms with Crippen LogP contribution in [0.15, 0.2) is 114 Å². The molecule has 1 unspecified atom stereocenters. The van der Waals surface area contributed by atoms with Gasteiger partial charge in [-0.1, -0.05) is 59.8 Å². The van der Waals surface area contributed by atoms with Gasteiger partial charge in [0.1, 0.15) is 0 Å². The van der Waals surface area contributed by atoms with Crippen molar-refractivity contribution in [3.05, 3.63) is 126 Å². The first-order valence-electron chi connectivity index (χ1n) is 17.5. The van der Waals surface area contributed by atoms with Gasteiger partial charge in [0, 0.05) is 83.0 Å². The van der Waals surface area contributed by atoms with Crippen molar-refractivity contribution in [1.29, 1.82) is 0 Å². The zero-order valence-corrected chi connectivity index (χ0v) is 30.1. The van der Waals surface area contributed by atoms with Gasteiger partial charge in [-0.25, -0.2) is 4.79 Å². The third-order valence-corrected chi connectivity index (χ3v) is 9.46. The molecule has 0 aliphatic heterocycles. The van der Waals surface area contributed by atoms with Crippen molar-refractivity contribution >= 4 is 73.0 Å². The van der Waals surface area contributed by atoms with Crippen LogP contribution in [0.2, 0.25) is 0 Å². The Balaban J connectivity index is 1.34. The number of benzene rings is 5. The molecule has 53 heavy (non-hydrogen) atoms. The molecule has 7 rings (SSSR count). The third-order valence-electron chi connectivity index (χ3n) is 9.46. The fraction of sp³-hybridized carbons (Fsp3) is 0.186. The van der Waals surface area contributed by atoms with Gasteiger partial charge in [-0.3, -0.25) is 14.4 Å². The highest BCUT2D eigenvalue weighted by Gasteiger charge is 2.25. The summed E-state index contributed by atoms with van der Waals surface area (Å²) in [7, 11) is 0. The fourth-order valence-electron chi connectivity index (χ4n) is 7.26. The van der Waals surface area contributed by atoms with Crippen LogP contribution >= 0.6 is 0 Å². The average molecular weight is 707 g/mol. The molecule has 1 atom stereocenters. The van der Waals surface area contributed by atoms with E-state index in [1.54, 1.807) is 6.92 Å². The summed E-state index contributed by atoms with van der Waals surface area (Å²) in [5.74, 6) is -1.81. The van der Waals surface area contributed by atoms with E-state index >= 15 is 0 Å². The lowest BCUT2D eigenvalue weighted by Crippen LogP contribution is -2.39. The Kier molecular flexibility index (Phi) is 9.36. The highest BCUT2D eigenvalue weighted by atomic mass is 16.7. The molecule has 0 bridgehead atoms. The molecule has 0 aliphatic carbocycles. The van der Waals surface area contributed by atoms with Crippen LogP contribution in [-0.2, 0) is 30.6 Å². The largest absolute Gasteiger partial charge is 0.341 e. The van der Waals surface area contributed by atoms with Gasteiger partial charge in [-0.15, -0.1) is 0 Å². The minimum absolute atomic E-state index is 0.112. The summed E-state index contributed by atoms with van der Waals surface area (Å²) in [4.78, 5) is 60.8. The Bertz CT molecular complexity index is 2580. The molecule has 0 N–H and O–H groups in total. The van der Waals surface area contributed by atoms with E-state index in [1.807, 2.05) is 84.9 Å². The number of rotatable bonds is 9. The normalized spacial score (nSPS) is 12.4. The average Bonchev–Trinajstić information content (AvgIpc) is 3.66. The van der Waals surface area contributed by atoms with Crippen molar-refractivity contribution in [1.82, 2.24) is 14.2 Å². The summed E-state index contributed by atoms with van der Waals surface area (Å²) in [6, 6.07) is 35.1. The van der Waals surface area contributed by atoms with Gasteiger partial charge in [0.2, 0.25) is 0 Å². The molecule has 0 radical (unpaired) electrons. The van der Waals surface area contributed by atoms with E-state index in [0.29, 0.717) is 28.9 Å². The topological polar surface area (TPSA) is 112 Å². The van der Waals surface area contributed by atoms with Crippen molar-refractivity contribution in [3.63, 3.8) is 0 Å². The number of nitrogens with zero attached hydrogens (tertiary/aromatic N) is 4. The van der Waals surface area contributed by atoms with Gasteiger partial charge < -0.3 is 18.8 Å². The second kappa shape index (κ2) is 14.2. The van der Waals surface area contributed by atoms with Crippen molar-refractivity contribution in [2.75, 3.05) is 0 Å². The minimum Gasteiger partial charge on any atom is -0.341 e. The Hall–Kier alpha value is -6.55. The quantitative estimate of drug-likeness (QED) is 0.0644. The zero-order chi connectivity index (χ0) is 37.4. The molecule has 2 heterocycles. The van der Waals surface area contributed by atoms with Crippen LogP contribution in [0.4, 0.5) is 0 Å². The van der Waals surface area contributed by atoms with Gasteiger partial charge in [0.05, 0.1) is 28.5 Å². The fourth-order valence-corrected chi connectivity index (χ4v) is 7.26. The molecule has 2 aromatic heterocycles. The molecular weight excluding hydrogens is 668 g/mol. The number of carbonyl (C=O) groups is 4. The summed E-state index contributed by atoms with van der Waals surface area (Å²) in [6.07, 6.45) is 0.112. The highest BCUT2D eigenvalue weighted by molar-refractivity contribution is 6.18. The molecule has 0 fully saturated rings. The highest BCUT2D eigenvalue weighted by Crippen LogP contribution is 2.35. The maximum atomic E-state index is 14.6. The molecule has 10 heteroatoms. The number of hydrogen-bond acceptors (Lipinski definition) is 7. The van der Waals surface area contributed by atoms with Crippen LogP contribution < -0.4 is 0 Å². The molecule has 10 nitrogen and oxygen atoms in total. The predicted molar refractivity (Wildman–Crippen MR) is 206 cm³/mol. The summed E-state index contributed by atoms with van der Waals surface area (Å²) in [5.41, 5.74) is 6.85. The van der Waals surface area contributed by atoms with Gasteiger partial charge in [-0.05, 0) is 68.4 Å². The lowest BCUT2D eigenvalue weighted by molar-refractivity contribution is -0.202. The van der Waals surface area contributed by atoms with E-state index in [9.17, 15) is 19.2 Å². The summed E-state index contributed by atoms with van der Waals surface area (Å²) >= 11 is 0. The summed E-state index contributed by atoms with van der Waals surface area (Å²) in [6.45, 7) is 8.23. The molecule has 5 aromatic carbocycles. The van der Waals surface area contributed by atoms with E-state index in [0.717, 1.165) is 54.4 Å². The molecule has 0 spiro atoms. The molecule has 0 aliphatic rings. The van der Waals surface area contributed by atoms with Crippen LogP contribution in [-0.4, -0.2) is 49.6 Å². The van der Waals surface area contributed by atoms with E-state index < -0.39 is 23.9 Å². The SMILES string of the molecule is CCn1c2ccc(C(=O)c3ccccc3-n3c4ccccc4c4ccccc43)cc2c2cc(C(CC(C)N(OC(C)=O)C(C)=O)=NOC(C)=O)ccc21. The first-order valence-corrected chi connectivity index (χ1v) is 17.5. The van der Waals surface area contributed by atoms with E-state index in [1.165, 1.54) is 20.8 Å². The number of oxime groups is 1. The molecular formula is C43H38N4O6. The smallest absolute Gasteiger partial charge is 0.331 e. The maximum absolute atomic E-state index is 14.6. The number of aryl methyl sites for hydroxylation is 1. The van der Waals surface area contributed by atoms with Crippen molar-refractivity contribution in [2.24, 2.45) is 5.16 Å². The van der Waals surface area contributed by atoms with Gasteiger partial charge >= 0.3 is 11.9 Å². The lowest BCUT2D eigenvalue weighted by Gasteiger charge is -2.26. The van der Waals surface area contributed by atoms with Crippen LogP contribution in [0.5, 0.6) is 0 Å². The van der Waals surface area contributed by atoms with E-state index in [4.69, 9.17) is 9.68 Å². The number of para-hydroxylation sites is 3. The Labute approximate surface area is 305 Å². The number of amides is 1. The number of aromatic nitrogens is 2. The van der Waals surface area contributed by atoms with Crippen LogP contribution in [0.25, 0.3) is 49.3 Å². The van der Waals surface area contributed by atoms with E-state index in [2.05, 4.69) is 45.5 Å². The maximum Gasteiger partial charge on any atom is 0.331 e. The molecule has 1 amide bonds. The number of hydroxylamine groups is 2. The number of carbonyl (C=O) groups excluding carboxylic acids is 4. The van der Waals surface area contributed by atoms with Gasteiger partial charge in [-0.2, -0.15) is 5.06 Å². The molecule has 0 saturated carbocycles. The first kappa shape index (κ1) is 34.9. The second-order valence-corrected chi connectivity index (χ2v) is 13.0. The van der Waals surface area contributed by atoms with E-state index in [-0.39, 0.29) is 12.2 Å². The van der Waals surface area contributed by atoms with Gasteiger partial charge in [0.25, 0.3) is 5.91 Å². The van der Waals surface area contributed by atoms with Crippen LogP contribution in [0, 0.1) is 0 Å². The monoisotopic (exact) mass is 706 g/mol.